The molecule has 13 heavy (non-hydrogen) atoms. The fourth-order valence-electron chi connectivity index (χ4n) is 1.09. The van der Waals surface area contributed by atoms with Crippen molar-refractivity contribution in [3.8, 4) is 5.75 Å². The van der Waals surface area contributed by atoms with Gasteiger partial charge in [0, 0.05) is 6.54 Å². The van der Waals surface area contributed by atoms with Gasteiger partial charge in [0.1, 0.15) is 18.2 Å². The number of halogens is 1. The maximum Gasteiger partial charge on any atom is 0.126 e. The molecule has 0 saturated carbocycles. The van der Waals surface area contributed by atoms with Crippen LogP contribution in [0.1, 0.15) is 11.1 Å². The van der Waals surface area contributed by atoms with Crippen LogP contribution in [-0.2, 0) is 0 Å². The molecule has 0 aliphatic carbocycles. The highest BCUT2D eigenvalue weighted by atomic mass is 19.1. The summed E-state index contributed by atoms with van der Waals surface area (Å²) >= 11 is 0. The number of ether oxygens (including phenoxy) is 1. The van der Waals surface area contributed by atoms with Gasteiger partial charge in [-0.05, 0) is 37.1 Å². The molecule has 0 radical (unpaired) electrons. The molecule has 0 aliphatic rings. The van der Waals surface area contributed by atoms with E-state index in [0.29, 0.717) is 24.5 Å². The fraction of sp³-hybridized carbons (Fsp3) is 0.400. The van der Waals surface area contributed by atoms with Gasteiger partial charge >= 0.3 is 0 Å². The van der Waals surface area contributed by atoms with Gasteiger partial charge < -0.3 is 10.5 Å². The van der Waals surface area contributed by atoms with E-state index >= 15 is 0 Å². The minimum atomic E-state index is -0.197. The summed E-state index contributed by atoms with van der Waals surface area (Å²) in [6.45, 7) is 4.51. The van der Waals surface area contributed by atoms with E-state index in [2.05, 4.69) is 0 Å². The van der Waals surface area contributed by atoms with Crippen molar-refractivity contribution < 1.29 is 9.13 Å². The largest absolute Gasteiger partial charge is 0.492 e. The lowest BCUT2D eigenvalue weighted by Crippen LogP contribution is -2.11. The Bertz CT molecular complexity index is 299. The lowest BCUT2D eigenvalue weighted by Gasteiger charge is -2.10. The summed E-state index contributed by atoms with van der Waals surface area (Å²) in [5.74, 6) is 0.516. The maximum absolute atomic E-state index is 13.0. The van der Waals surface area contributed by atoms with Crippen LogP contribution in [-0.4, -0.2) is 13.2 Å². The molecular formula is C10H14FNO. The molecule has 1 rings (SSSR count). The zero-order valence-corrected chi connectivity index (χ0v) is 7.93. The van der Waals surface area contributed by atoms with Gasteiger partial charge in [0.25, 0.3) is 0 Å². The average molecular weight is 183 g/mol. The normalized spacial score (nSPS) is 10.2. The quantitative estimate of drug-likeness (QED) is 0.775. The van der Waals surface area contributed by atoms with Gasteiger partial charge in [0.05, 0.1) is 0 Å². The molecule has 0 unspecified atom stereocenters. The molecule has 0 aliphatic heterocycles. The Kier molecular flexibility index (Phi) is 3.25. The summed E-state index contributed by atoms with van der Waals surface area (Å²) in [4.78, 5) is 0. The molecule has 1 aromatic carbocycles. The van der Waals surface area contributed by atoms with Crippen LogP contribution >= 0.6 is 0 Å². The van der Waals surface area contributed by atoms with Crippen molar-refractivity contribution >= 4 is 0 Å². The molecule has 2 nitrogen and oxygen atoms in total. The first-order valence-electron chi connectivity index (χ1n) is 4.25. The van der Waals surface area contributed by atoms with Crippen LogP contribution in [0.25, 0.3) is 0 Å². The van der Waals surface area contributed by atoms with E-state index < -0.39 is 0 Å². The van der Waals surface area contributed by atoms with E-state index in [-0.39, 0.29) is 5.82 Å². The van der Waals surface area contributed by atoms with Gasteiger partial charge in [-0.1, -0.05) is 0 Å². The van der Waals surface area contributed by atoms with Crippen molar-refractivity contribution in [3.05, 3.63) is 29.1 Å². The summed E-state index contributed by atoms with van der Waals surface area (Å²) in [5.41, 5.74) is 6.77. The Labute approximate surface area is 77.5 Å². The molecule has 0 fully saturated rings. The van der Waals surface area contributed by atoms with Crippen LogP contribution in [0.15, 0.2) is 12.1 Å². The molecule has 72 valence electrons. The Hall–Kier alpha value is -1.09. The molecule has 0 bridgehead atoms. The van der Waals surface area contributed by atoms with Crippen molar-refractivity contribution in [3.63, 3.8) is 0 Å². The highest BCUT2D eigenvalue weighted by Gasteiger charge is 2.05. The summed E-state index contributed by atoms with van der Waals surface area (Å²) in [6, 6.07) is 3.04. The standard InChI is InChI=1S/C10H14FNO/c1-7-8(2)10(13-6-5-12)4-3-9(7)11/h3-4H,5-6,12H2,1-2H3. The second-order valence-corrected chi connectivity index (χ2v) is 2.93. The lowest BCUT2D eigenvalue weighted by atomic mass is 10.1. The van der Waals surface area contributed by atoms with E-state index in [0.717, 1.165) is 5.56 Å². The van der Waals surface area contributed by atoms with Crippen LogP contribution in [0.3, 0.4) is 0 Å². The van der Waals surface area contributed by atoms with Crippen LogP contribution in [0, 0.1) is 19.7 Å². The summed E-state index contributed by atoms with van der Waals surface area (Å²) in [7, 11) is 0. The smallest absolute Gasteiger partial charge is 0.126 e. The summed E-state index contributed by atoms with van der Waals surface area (Å²) in [5, 5.41) is 0. The van der Waals surface area contributed by atoms with Gasteiger partial charge in [-0.15, -0.1) is 0 Å². The summed E-state index contributed by atoms with van der Waals surface area (Å²) in [6.07, 6.45) is 0. The number of benzene rings is 1. The molecule has 0 heterocycles. The van der Waals surface area contributed by atoms with E-state index in [1.807, 2.05) is 6.92 Å². The van der Waals surface area contributed by atoms with Crippen molar-refractivity contribution in [1.29, 1.82) is 0 Å². The second-order valence-electron chi connectivity index (χ2n) is 2.93. The van der Waals surface area contributed by atoms with Gasteiger partial charge in [0.2, 0.25) is 0 Å². The first-order valence-corrected chi connectivity index (χ1v) is 4.25. The topological polar surface area (TPSA) is 35.2 Å². The minimum absolute atomic E-state index is 0.197. The maximum atomic E-state index is 13.0. The molecule has 3 heteroatoms. The van der Waals surface area contributed by atoms with Gasteiger partial charge in [-0.2, -0.15) is 0 Å². The van der Waals surface area contributed by atoms with E-state index in [1.54, 1.807) is 13.0 Å². The molecule has 0 aromatic heterocycles. The number of hydrogen-bond donors (Lipinski definition) is 1. The summed E-state index contributed by atoms with van der Waals surface area (Å²) < 4.78 is 18.3. The Balaban J connectivity index is 2.90. The molecule has 0 saturated heterocycles. The molecule has 2 N–H and O–H groups in total. The van der Waals surface area contributed by atoms with Crippen LogP contribution in [0.4, 0.5) is 4.39 Å². The van der Waals surface area contributed by atoms with E-state index in [1.165, 1.54) is 6.07 Å². The highest BCUT2D eigenvalue weighted by molar-refractivity contribution is 5.39. The van der Waals surface area contributed by atoms with Crippen LogP contribution in [0.5, 0.6) is 5.75 Å². The van der Waals surface area contributed by atoms with Gasteiger partial charge in [-0.25, -0.2) is 4.39 Å². The SMILES string of the molecule is Cc1c(F)ccc(OCCN)c1C. The first kappa shape index (κ1) is 9.99. The monoisotopic (exact) mass is 183 g/mol. The second kappa shape index (κ2) is 4.23. The predicted molar refractivity (Wildman–Crippen MR) is 50.4 cm³/mol. The van der Waals surface area contributed by atoms with Crippen molar-refractivity contribution in [1.82, 2.24) is 0 Å². The van der Waals surface area contributed by atoms with Crippen molar-refractivity contribution in [2.24, 2.45) is 5.73 Å². The number of rotatable bonds is 3. The number of hydrogen-bond acceptors (Lipinski definition) is 2. The van der Waals surface area contributed by atoms with E-state index in [9.17, 15) is 4.39 Å². The van der Waals surface area contributed by atoms with Crippen molar-refractivity contribution in [2.45, 2.75) is 13.8 Å². The minimum Gasteiger partial charge on any atom is -0.492 e. The predicted octanol–water partition coefficient (Wildman–Crippen LogP) is 1.78. The molecule has 0 atom stereocenters. The average Bonchev–Trinajstić information content (AvgIpc) is 2.13. The molecule has 1 aromatic rings. The molecular weight excluding hydrogens is 169 g/mol. The van der Waals surface area contributed by atoms with Gasteiger partial charge in [-0.3, -0.25) is 0 Å². The fourth-order valence-corrected chi connectivity index (χ4v) is 1.09. The van der Waals surface area contributed by atoms with Gasteiger partial charge in [0.15, 0.2) is 0 Å². The van der Waals surface area contributed by atoms with Crippen LogP contribution < -0.4 is 10.5 Å². The Morgan fingerprint density at radius 2 is 2.00 bits per heavy atom. The first-order chi connectivity index (χ1) is 6.16. The number of nitrogens with two attached hydrogens (primary N) is 1. The third-order valence-electron chi connectivity index (χ3n) is 2.05. The highest BCUT2D eigenvalue weighted by Crippen LogP contribution is 2.22. The van der Waals surface area contributed by atoms with E-state index in [4.69, 9.17) is 10.5 Å². The Morgan fingerprint density at radius 1 is 1.31 bits per heavy atom. The third kappa shape index (κ3) is 2.18. The zero-order chi connectivity index (χ0) is 9.84. The third-order valence-corrected chi connectivity index (χ3v) is 2.05. The lowest BCUT2D eigenvalue weighted by molar-refractivity contribution is 0.325. The Morgan fingerprint density at radius 3 is 2.62 bits per heavy atom. The molecule has 0 amide bonds. The van der Waals surface area contributed by atoms with Crippen LogP contribution in [0.2, 0.25) is 0 Å². The molecule has 0 spiro atoms. The van der Waals surface area contributed by atoms with Crippen molar-refractivity contribution in [2.75, 3.05) is 13.2 Å². The zero-order valence-electron chi connectivity index (χ0n) is 7.93.